The van der Waals surface area contributed by atoms with Crippen LogP contribution in [0.2, 0.25) is 5.02 Å². The third kappa shape index (κ3) is 2.78. The molecule has 4 heteroatoms. The van der Waals surface area contributed by atoms with Gasteiger partial charge in [-0.15, -0.1) is 0 Å². The first-order chi connectivity index (χ1) is 8.72. The predicted octanol–water partition coefficient (Wildman–Crippen LogP) is 2.83. The van der Waals surface area contributed by atoms with Crippen LogP contribution in [0.4, 0.5) is 5.82 Å². The first-order valence-corrected chi connectivity index (χ1v) is 7.23. The smallest absolute Gasteiger partial charge is 0.147 e. The monoisotopic (exact) mass is 265 g/mol. The molecule has 1 saturated carbocycles. The molecule has 1 unspecified atom stereocenters. The molecule has 1 saturated heterocycles. The molecule has 3 rings (SSSR count). The number of pyridine rings is 1. The normalized spacial score (nSPS) is 23.7. The van der Waals surface area contributed by atoms with Gasteiger partial charge in [0, 0.05) is 31.9 Å². The zero-order valence-electron chi connectivity index (χ0n) is 10.8. The summed E-state index contributed by atoms with van der Waals surface area (Å²) >= 11 is 6.36. The average Bonchev–Trinajstić information content (AvgIpc) is 3.09. The summed E-state index contributed by atoms with van der Waals surface area (Å²) in [5.74, 6) is 1.70. The number of hydrogen-bond donors (Lipinski definition) is 1. The van der Waals surface area contributed by atoms with Crippen molar-refractivity contribution in [3.63, 3.8) is 0 Å². The van der Waals surface area contributed by atoms with Crippen molar-refractivity contribution in [2.45, 2.75) is 38.8 Å². The second-order valence-corrected chi connectivity index (χ2v) is 6.05. The van der Waals surface area contributed by atoms with E-state index >= 15 is 0 Å². The van der Waals surface area contributed by atoms with Gasteiger partial charge < -0.3 is 10.2 Å². The highest BCUT2D eigenvalue weighted by molar-refractivity contribution is 6.33. The highest BCUT2D eigenvalue weighted by atomic mass is 35.5. The molecule has 1 aliphatic heterocycles. The number of halogens is 1. The van der Waals surface area contributed by atoms with Gasteiger partial charge in [-0.25, -0.2) is 4.98 Å². The van der Waals surface area contributed by atoms with Crippen molar-refractivity contribution in [1.29, 1.82) is 0 Å². The lowest BCUT2D eigenvalue weighted by Crippen LogP contribution is -2.21. The van der Waals surface area contributed by atoms with Crippen LogP contribution >= 0.6 is 11.6 Å². The molecule has 1 aromatic heterocycles. The summed E-state index contributed by atoms with van der Waals surface area (Å²) < 4.78 is 0. The lowest BCUT2D eigenvalue weighted by atomic mass is 10.2. The molecule has 2 fully saturated rings. The van der Waals surface area contributed by atoms with Crippen LogP contribution in [0.3, 0.4) is 0 Å². The van der Waals surface area contributed by atoms with Gasteiger partial charge in [0.25, 0.3) is 0 Å². The lowest BCUT2D eigenvalue weighted by Gasteiger charge is -2.18. The van der Waals surface area contributed by atoms with E-state index in [1.165, 1.54) is 24.8 Å². The van der Waals surface area contributed by atoms with E-state index in [1.54, 1.807) is 0 Å². The zero-order valence-corrected chi connectivity index (χ0v) is 11.6. The Morgan fingerprint density at radius 2 is 2.28 bits per heavy atom. The Morgan fingerprint density at radius 3 is 2.89 bits per heavy atom. The second kappa shape index (κ2) is 5.06. The number of rotatable bonds is 4. The maximum atomic E-state index is 6.36. The number of anilines is 1. The van der Waals surface area contributed by atoms with E-state index in [1.807, 2.05) is 6.20 Å². The number of aromatic nitrogens is 1. The predicted molar refractivity (Wildman–Crippen MR) is 75.1 cm³/mol. The maximum absolute atomic E-state index is 6.36. The molecule has 0 radical (unpaired) electrons. The molecule has 1 atom stereocenters. The highest BCUT2D eigenvalue weighted by Crippen LogP contribution is 2.29. The molecule has 1 aromatic rings. The van der Waals surface area contributed by atoms with E-state index in [4.69, 9.17) is 11.6 Å². The fourth-order valence-electron chi connectivity index (χ4n) is 2.48. The van der Waals surface area contributed by atoms with Crippen LogP contribution in [0.1, 0.15) is 31.7 Å². The van der Waals surface area contributed by atoms with Gasteiger partial charge in [-0.1, -0.05) is 18.5 Å². The van der Waals surface area contributed by atoms with Gasteiger partial charge in [0.15, 0.2) is 0 Å². The zero-order chi connectivity index (χ0) is 12.5. The Balaban J connectivity index is 1.67. The maximum Gasteiger partial charge on any atom is 0.147 e. The van der Waals surface area contributed by atoms with E-state index in [0.29, 0.717) is 0 Å². The number of hydrogen-bond acceptors (Lipinski definition) is 3. The molecule has 18 heavy (non-hydrogen) atoms. The van der Waals surface area contributed by atoms with Crippen LogP contribution in [-0.2, 0) is 6.54 Å². The summed E-state index contributed by atoms with van der Waals surface area (Å²) in [6.07, 6.45) is 5.82. The Hall–Kier alpha value is -0.800. The first-order valence-electron chi connectivity index (χ1n) is 6.85. The molecule has 2 aliphatic rings. The van der Waals surface area contributed by atoms with E-state index in [2.05, 4.69) is 28.2 Å². The van der Waals surface area contributed by atoms with E-state index in [0.717, 1.165) is 42.4 Å². The Labute approximate surface area is 114 Å². The molecule has 0 aromatic carbocycles. The number of nitrogens with zero attached hydrogens (tertiary/aromatic N) is 2. The van der Waals surface area contributed by atoms with Crippen molar-refractivity contribution in [1.82, 2.24) is 10.3 Å². The molecule has 1 N–H and O–H groups in total. The molecular formula is C14H20ClN3. The molecule has 0 amide bonds. The molecule has 1 aliphatic carbocycles. The minimum atomic E-state index is 0.725. The summed E-state index contributed by atoms with van der Waals surface area (Å²) in [4.78, 5) is 6.84. The second-order valence-electron chi connectivity index (χ2n) is 5.64. The number of nitrogens with one attached hydrogen (secondary N) is 1. The quantitative estimate of drug-likeness (QED) is 0.907. The van der Waals surface area contributed by atoms with Crippen LogP contribution in [0.5, 0.6) is 0 Å². The topological polar surface area (TPSA) is 28.2 Å². The van der Waals surface area contributed by atoms with Gasteiger partial charge in [0.2, 0.25) is 0 Å². The van der Waals surface area contributed by atoms with Crippen molar-refractivity contribution < 1.29 is 0 Å². The molecular weight excluding hydrogens is 246 g/mol. The van der Waals surface area contributed by atoms with Gasteiger partial charge >= 0.3 is 0 Å². The third-order valence-electron chi connectivity index (χ3n) is 3.77. The van der Waals surface area contributed by atoms with Gasteiger partial charge in [-0.3, -0.25) is 0 Å². The SMILES string of the molecule is CC1CCN(c2ncc(CNC3CC3)cc2Cl)C1. The first kappa shape index (κ1) is 12.2. The van der Waals surface area contributed by atoms with Crippen LogP contribution in [0.25, 0.3) is 0 Å². The Kier molecular flexibility index (Phi) is 3.44. The van der Waals surface area contributed by atoms with Crippen LogP contribution < -0.4 is 10.2 Å². The van der Waals surface area contributed by atoms with Gasteiger partial charge in [0.1, 0.15) is 5.82 Å². The highest BCUT2D eigenvalue weighted by Gasteiger charge is 2.23. The average molecular weight is 266 g/mol. The van der Waals surface area contributed by atoms with E-state index in [-0.39, 0.29) is 0 Å². The molecule has 2 heterocycles. The molecule has 0 bridgehead atoms. The summed E-state index contributed by atoms with van der Waals surface area (Å²) in [5.41, 5.74) is 1.18. The van der Waals surface area contributed by atoms with Gasteiger partial charge in [0.05, 0.1) is 5.02 Å². The van der Waals surface area contributed by atoms with Crippen molar-refractivity contribution in [2.24, 2.45) is 5.92 Å². The van der Waals surface area contributed by atoms with Crippen molar-refractivity contribution in [3.05, 3.63) is 22.8 Å². The van der Waals surface area contributed by atoms with Gasteiger partial charge in [-0.2, -0.15) is 0 Å². The fraction of sp³-hybridized carbons (Fsp3) is 0.643. The molecule has 3 nitrogen and oxygen atoms in total. The standard InChI is InChI=1S/C14H20ClN3/c1-10-4-5-18(9-10)14-13(15)6-11(8-17-14)7-16-12-2-3-12/h6,8,10,12,16H,2-5,7,9H2,1H3. The van der Waals surface area contributed by atoms with Crippen molar-refractivity contribution >= 4 is 17.4 Å². The van der Waals surface area contributed by atoms with Crippen LogP contribution in [0.15, 0.2) is 12.3 Å². The minimum absolute atomic E-state index is 0.725. The largest absolute Gasteiger partial charge is 0.355 e. The van der Waals surface area contributed by atoms with Crippen molar-refractivity contribution in [2.75, 3.05) is 18.0 Å². The summed E-state index contributed by atoms with van der Waals surface area (Å²) in [6, 6.07) is 2.78. The lowest BCUT2D eigenvalue weighted by molar-refractivity contribution is 0.658. The minimum Gasteiger partial charge on any atom is -0.355 e. The third-order valence-corrected chi connectivity index (χ3v) is 4.05. The summed E-state index contributed by atoms with van der Waals surface area (Å²) in [6.45, 7) is 5.32. The van der Waals surface area contributed by atoms with Crippen LogP contribution in [0, 0.1) is 5.92 Å². The summed E-state index contributed by atoms with van der Waals surface area (Å²) in [5, 5.41) is 4.27. The van der Waals surface area contributed by atoms with Crippen molar-refractivity contribution in [3.8, 4) is 0 Å². The Bertz CT molecular complexity index is 431. The molecule has 98 valence electrons. The van der Waals surface area contributed by atoms with E-state index < -0.39 is 0 Å². The fourth-order valence-corrected chi connectivity index (χ4v) is 2.79. The van der Waals surface area contributed by atoms with Crippen LogP contribution in [-0.4, -0.2) is 24.1 Å². The Morgan fingerprint density at radius 1 is 1.44 bits per heavy atom. The summed E-state index contributed by atoms with van der Waals surface area (Å²) in [7, 11) is 0. The molecule has 0 spiro atoms. The van der Waals surface area contributed by atoms with E-state index in [9.17, 15) is 0 Å². The van der Waals surface area contributed by atoms with Gasteiger partial charge in [-0.05, 0) is 36.8 Å².